The van der Waals surface area contributed by atoms with Crippen LogP contribution in [0.15, 0.2) is 29.2 Å². The Morgan fingerprint density at radius 3 is 2.27 bits per heavy atom. The lowest BCUT2D eigenvalue weighted by Gasteiger charge is -2.36. The molecule has 1 aromatic rings. The van der Waals surface area contributed by atoms with Crippen LogP contribution in [-0.4, -0.2) is 73.7 Å². The van der Waals surface area contributed by atoms with Gasteiger partial charge in [0.2, 0.25) is 15.9 Å². The van der Waals surface area contributed by atoms with E-state index in [1.807, 2.05) is 11.8 Å². The number of likely N-dealkylation sites (N-methyl/N-ethyl adjacent to an activating group) is 1. The smallest absolute Gasteiger partial charge is 0.243 e. The standard InChI is InChI=1S/C18H27N3O3S.ClH/c1-3-19-11-13-20(14-12-19)18(22)17-5-4-10-21(17)25(23,24)16-8-6-15(2)7-9-16;/h6-9,17H,3-5,10-14H2,1-2H3;1H/p-1. The topological polar surface area (TPSA) is 60.9 Å². The van der Waals surface area contributed by atoms with E-state index in [0.717, 1.165) is 31.6 Å². The predicted octanol–water partition coefficient (Wildman–Crippen LogP) is -1.68. The van der Waals surface area contributed by atoms with Gasteiger partial charge < -0.3 is 22.2 Å². The molecule has 2 aliphatic heterocycles. The molecule has 2 aliphatic rings. The Morgan fingerprint density at radius 1 is 1.08 bits per heavy atom. The molecule has 146 valence electrons. The summed E-state index contributed by atoms with van der Waals surface area (Å²) in [4.78, 5) is 17.3. The van der Waals surface area contributed by atoms with Crippen LogP contribution < -0.4 is 12.4 Å². The summed E-state index contributed by atoms with van der Waals surface area (Å²) in [5.41, 5.74) is 1.02. The molecule has 1 aromatic carbocycles. The van der Waals surface area contributed by atoms with E-state index in [1.54, 1.807) is 24.3 Å². The van der Waals surface area contributed by atoms with E-state index in [1.165, 1.54) is 4.31 Å². The summed E-state index contributed by atoms with van der Waals surface area (Å²) < 4.78 is 27.4. The summed E-state index contributed by atoms with van der Waals surface area (Å²) in [6, 6.07) is 6.29. The first-order valence-corrected chi connectivity index (χ1v) is 10.5. The van der Waals surface area contributed by atoms with E-state index in [0.29, 0.717) is 26.1 Å². The van der Waals surface area contributed by atoms with E-state index in [4.69, 9.17) is 0 Å². The molecule has 6 nitrogen and oxygen atoms in total. The molecule has 0 radical (unpaired) electrons. The highest BCUT2D eigenvalue weighted by molar-refractivity contribution is 7.89. The van der Waals surface area contributed by atoms with Crippen LogP contribution in [0.5, 0.6) is 0 Å². The monoisotopic (exact) mass is 400 g/mol. The van der Waals surface area contributed by atoms with Crippen molar-refractivity contribution in [3.8, 4) is 0 Å². The molecule has 8 heteroatoms. The molecule has 0 N–H and O–H groups in total. The molecule has 2 fully saturated rings. The Balaban J connectivity index is 0.00000243. The maximum Gasteiger partial charge on any atom is 0.243 e. The number of sulfonamides is 1. The maximum atomic E-state index is 13.0. The highest BCUT2D eigenvalue weighted by Crippen LogP contribution is 2.27. The molecule has 0 aromatic heterocycles. The second-order valence-corrected chi connectivity index (χ2v) is 8.74. The van der Waals surface area contributed by atoms with Crippen molar-refractivity contribution in [1.82, 2.24) is 14.1 Å². The Labute approximate surface area is 162 Å². The number of carbonyl (C=O) groups excluding carboxylic acids is 1. The molecule has 0 aliphatic carbocycles. The first-order chi connectivity index (χ1) is 11.9. The van der Waals surface area contributed by atoms with E-state index < -0.39 is 16.1 Å². The van der Waals surface area contributed by atoms with Crippen LogP contribution in [0.1, 0.15) is 25.3 Å². The fourth-order valence-electron chi connectivity index (χ4n) is 3.62. The van der Waals surface area contributed by atoms with Gasteiger partial charge in [0.1, 0.15) is 6.04 Å². The third-order valence-electron chi connectivity index (χ3n) is 5.25. The van der Waals surface area contributed by atoms with Crippen LogP contribution in [0.2, 0.25) is 0 Å². The summed E-state index contributed by atoms with van der Waals surface area (Å²) in [7, 11) is -3.63. The molecule has 0 bridgehead atoms. The molecule has 1 amide bonds. The Kier molecular flexibility index (Phi) is 7.07. The SMILES string of the molecule is CCN1CCN(C(=O)C2CCCN2S(=O)(=O)c2ccc(C)cc2)CC1.[Cl-]. The highest BCUT2D eigenvalue weighted by atomic mass is 35.5. The minimum Gasteiger partial charge on any atom is -1.00 e. The quantitative estimate of drug-likeness (QED) is 0.605. The minimum atomic E-state index is -3.63. The van der Waals surface area contributed by atoms with Gasteiger partial charge in [-0.05, 0) is 38.4 Å². The summed E-state index contributed by atoms with van der Waals surface area (Å²) >= 11 is 0. The largest absolute Gasteiger partial charge is 1.00 e. The fraction of sp³-hybridized carbons (Fsp3) is 0.611. The highest BCUT2D eigenvalue weighted by Gasteiger charge is 2.41. The van der Waals surface area contributed by atoms with Crippen LogP contribution in [0.25, 0.3) is 0 Å². The lowest BCUT2D eigenvalue weighted by molar-refractivity contribution is -0.136. The molecule has 2 heterocycles. The van der Waals surface area contributed by atoms with Gasteiger partial charge in [0.25, 0.3) is 0 Å². The number of rotatable bonds is 4. The van der Waals surface area contributed by atoms with Crippen molar-refractivity contribution < 1.29 is 25.6 Å². The second kappa shape index (κ2) is 8.69. The van der Waals surface area contributed by atoms with Gasteiger partial charge in [-0.1, -0.05) is 24.6 Å². The number of aryl methyl sites for hydroxylation is 1. The molecule has 1 atom stereocenters. The van der Waals surface area contributed by atoms with Crippen LogP contribution in [0.4, 0.5) is 0 Å². The van der Waals surface area contributed by atoms with Gasteiger partial charge in [-0.2, -0.15) is 4.31 Å². The Bertz CT molecular complexity index is 716. The van der Waals surface area contributed by atoms with Gasteiger partial charge in [-0.3, -0.25) is 4.79 Å². The third kappa shape index (κ3) is 4.22. The normalized spacial score (nSPS) is 22.2. The zero-order chi connectivity index (χ0) is 18.0. The number of nitrogens with zero attached hydrogens (tertiary/aromatic N) is 3. The van der Waals surface area contributed by atoms with Crippen molar-refractivity contribution >= 4 is 15.9 Å². The number of amides is 1. The van der Waals surface area contributed by atoms with Crippen LogP contribution in [0.3, 0.4) is 0 Å². The molecular formula is C18H27ClN3O3S-. The summed E-state index contributed by atoms with van der Waals surface area (Å²) in [6.07, 6.45) is 1.34. The van der Waals surface area contributed by atoms with Gasteiger partial charge in [-0.15, -0.1) is 0 Å². The van der Waals surface area contributed by atoms with Crippen molar-refractivity contribution in [2.45, 2.75) is 37.6 Å². The summed E-state index contributed by atoms with van der Waals surface area (Å²) in [6.45, 7) is 8.53. The van der Waals surface area contributed by atoms with E-state index >= 15 is 0 Å². The first kappa shape index (κ1) is 21.2. The fourth-order valence-corrected chi connectivity index (χ4v) is 5.27. The Hall–Kier alpha value is -1.15. The average Bonchev–Trinajstić information content (AvgIpc) is 3.12. The predicted molar refractivity (Wildman–Crippen MR) is 96.8 cm³/mol. The lowest BCUT2D eigenvalue weighted by atomic mass is 10.2. The number of hydrogen-bond acceptors (Lipinski definition) is 4. The van der Waals surface area contributed by atoms with Crippen molar-refractivity contribution in [3.05, 3.63) is 29.8 Å². The molecule has 0 saturated carbocycles. The number of benzene rings is 1. The van der Waals surface area contributed by atoms with Gasteiger partial charge in [-0.25, -0.2) is 8.42 Å². The minimum absolute atomic E-state index is 0. The lowest BCUT2D eigenvalue weighted by Crippen LogP contribution is -3.00. The first-order valence-electron chi connectivity index (χ1n) is 9.03. The molecule has 3 rings (SSSR count). The number of halogens is 1. The van der Waals surface area contributed by atoms with E-state index in [-0.39, 0.29) is 23.2 Å². The summed E-state index contributed by atoms with van der Waals surface area (Å²) in [5.74, 6) is -0.0380. The van der Waals surface area contributed by atoms with Crippen molar-refractivity contribution in [2.75, 3.05) is 39.3 Å². The van der Waals surface area contributed by atoms with Crippen LogP contribution >= 0.6 is 0 Å². The molecule has 2 saturated heterocycles. The number of hydrogen-bond donors (Lipinski definition) is 0. The zero-order valence-corrected chi connectivity index (χ0v) is 17.0. The summed E-state index contributed by atoms with van der Waals surface area (Å²) in [5, 5.41) is 0. The molecule has 26 heavy (non-hydrogen) atoms. The average molecular weight is 401 g/mol. The van der Waals surface area contributed by atoms with E-state index in [2.05, 4.69) is 11.8 Å². The maximum absolute atomic E-state index is 13.0. The van der Waals surface area contributed by atoms with Gasteiger partial charge in [0, 0.05) is 32.7 Å². The molecule has 1 unspecified atom stereocenters. The molecular weight excluding hydrogens is 374 g/mol. The second-order valence-electron chi connectivity index (χ2n) is 6.85. The van der Waals surface area contributed by atoms with E-state index in [9.17, 15) is 13.2 Å². The zero-order valence-electron chi connectivity index (χ0n) is 15.4. The number of piperazine rings is 1. The van der Waals surface area contributed by atoms with Crippen molar-refractivity contribution in [3.63, 3.8) is 0 Å². The van der Waals surface area contributed by atoms with Crippen molar-refractivity contribution in [2.24, 2.45) is 0 Å². The molecule has 0 spiro atoms. The Morgan fingerprint density at radius 2 is 1.69 bits per heavy atom. The third-order valence-corrected chi connectivity index (χ3v) is 7.17. The van der Waals surface area contributed by atoms with Crippen LogP contribution in [0, 0.1) is 6.92 Å². The van der Waals surface area contributed by atoms with Gasteiger partial charge in [0.05, 0.1) is 4.90 Å². The van der Waals surface area contributed by atoms with Crippen molar-refractivity contribution in [1.29, 1.82) is 0 Å². The van der Waals surface area contributed by atoms with Gasteiger partial charge in [0.15, 0.2) is 0 Å². The number of carbonyl (C=O) groups is 1. The van der Waals surface area contributed by atoms with Crippen LogP contribution in [-0.2, 0) is 14.8 Å². The van der Waals surface area contributed by atoms with Gasteiger partial charge >= 0.3 is 0 Å².